The highest BCUT2D eigenvalue weighted by molar-refractivity contribution is 6.00. The number of rotatable bonds is 3. The van der Waals surface area contributed by atoms with Gasteiger partial charge in [-0.1, -0.05) is 6.07 Å². The van der Waals surface area contributed by atoms with E-state index in [9.17, 15) is 0 Å². The van der Waals surface area contributed by atoms with Crippen molar-refractivity contribution in [1.82, 2.24) is 0 Å². The predicted octanol–water partition coefficient (Wildman–Crippen LogP) is 0.283. The monoisotopic (exact) mass is 195 g/mol. The van der Waals surface area contributed by atoms with Crippen LogP contribution in [0.15, 0.2) is 23.3 Å². The molecule has 0 heterocycles. The fraction of sp³-hybridized carbons (Fsp3) is 0.222. The predicted molar refractivity (Wildman–Crippen MR) is 54.5 cm³/mol. The summed E-state index contributed by atoms with van der Waals surface area (Å²) < 4.78 is 10.2. The largest absolute Gasteiger partial charge is 0.493 e. The van der Waals surface area contributed by atoms with Crippen molar-refractivity contribution in [3.05, 3.63) is 23.8 Å². The van der Waals surface area contributed by atoms with Crippen molar-refractivity contribution in [1.29, 1.82) is 0 Å². The third-order valence-corrected chi connectivity index (χ3v) is 1.82. The normalized spacial score (nSPS) is 11.1. The van der Waals surface area contributed by atoms with Crippen LogP contribution in [-0.2, 0) is 0 Å². The van der Waals surface area contributed by atoms with Crippen molar-refractivity contribution >= 4 is 5.84 Å². The summed E-state index contributed by atoms with van der Waals surface area (Å²) in [4.78, 5) is 0. The highest BCUT2D eigenvalue weighted by Gasteiger charge is 2.11. The Hall–Kier alpha value is -1.91. The topological polar surface area (TPSA) is 82.9 Å². The van der Waals surface area contributed by atoms with Crippen LogP contribution in [0.25, 0.3) is 0 Å². The molecule has 0 aromatic heterocycles. The first-order chi connectivity index (χ1) is 6.74. The highest BCUT2D eigenvalue weighted by atomic mass is 16.5. The molecule has 0 radical (unpaired) electrons. The van der Waals surface area contributed by atoms with E-state index in [1.807, 2.05) is 0 Å². The number of methoxy groups -OCH3 is 2. The van der Waals surface area contributed by atoms with Gasteiger partial charge in [0.2, 0.25) is 0 Å². The van der Waals surface area contributed by atoms with E-state index in [2.05, 4.69) is 5.10 Å². The van der Waals surface area contributed by atoms with E-state index >= 15 is 0 Å². The molecule has 0 spiro atoms. The lowest BCUT2D eigenvalue weighted by Crippen LogP contribution is -2.16. The van der Waals surface area contributed by atoms with Gasteiger partial charge in [0.05, 0.1) is 19.8 Å². The minimum absolute atomic E-state index is 0.209. The zero-order chi connectivity index (χ0) is 10.6. The molecule has 1 aromatic rings. The number of ether oxygens (including phenoxy) is 2. The summed E-state index contributed by atoms with van der Waals surface area (Å²) in [5.41, 5.74) is 6.20. The maximum absolute atomic E-state index is 5.58. The van der Waals surface area contributed by atoms with E-state index in [0.29, 0.717) is 17.1 Å². The Morgan fingerprint density at radius 1 is 1.29 bits per heavy atom. The van der Waals surface area contributed by atoms with Crippen LogP contribution in [0.1, 0.15) is 5.56 Å². The maximum atomic E-state index is 5.58. The second-order valence-corrected chi connectivity index (χ2v) is 2.56. The SMILES string of the molecule is COc1cccc(/C(N)=N/N)c1OC. The van der Waals surface area contributed by atoms with E-state index in [-0.39, 0.29) is 5.84 Å². The third kappa shape index (κ3) is 1.71. The van der Waals surface area contributed by atoms with Gasteiger partial charge < -0.3 is 21.1 Å². The summed E-state index contributed by atoms with van der Waals surface area (Å²) >= 11 is 0. The second kappa shape index (κ2) is 4.36. The number of para-hydroxylation sites is 1. The van der Waals surface area contributed by atoms with Crippen molar-refractivity contribution in [2.24, 2.45) is 16.7 Å². The number of nitrogens with two attached hydrogens (primary N) is 2. The van der Waals surface area contributed by atoms with Crippen molar-refractivity contribution in [3.63, 3.8) is 0 Å². The molecule has 14 heavy (non-hydrogen) atoms. The van der Waals surface area contributed by atoms with Crippen LogP contribution in [0, 0.1) is 0 Å². The Labute approximate surface area is 82.3 Å². The lowest BCUT2D eigenvalue weighted by molar-refractivity contribution is 0.354. The molecule has 0 unspecified atom stereocenters. The zero-order valence-electron chi connectivity index (χ0n) is 8.15. The molecule has 0 aliphatic rings. The molecule has 0 saturated heterocycles. The van der Waals surface area contributed by atoms with E-state index in [1.165, 1.54) is 7.11 Å². The molecule has 0 bridgehead atoms. The standard InChI is InChI=1S/C9H13N3O2/c1-13-7-5-3-4-6(8(7)14-2)9(10)12-11/h3-5H,11H2,1-2H3,(H2,10,12). The summed E-state index contributed by atoms with van der Waals surface area (Å²) in [6, 6.07) is 5.31. The summed E-state index contributed by atoms with van der Waals surface area (Å²) in [6.07, 6.45) is 0. The molecule has 5 nitrogen and oxygen atoms in total. The van der Waals surface area contributed by atoms with E-state index in [4.69, 9.17) is 21.1 Å². The maximum Gasteiger partial charge on any atom is 0.171 e. The first kappa shape index (κ1) is 10.2. The number of amidine groups is 1. The Kier molecular flexibility index (Phi) is 3.17. The first-order valence-corrected chi connectivity index (χ1v) is 3.99. The number of hydrogen-bond acceptors (Lipinski definition) is 4. The molecular formula is C9H13N3O2. The molecule has 0 saturated carbocycles. The lowest BCUT2D eigenvalue weighted by atomic mass is 10.1. The summed E-state index contributed by atoms with van der Waals surface area (Å²) in [5, 5.41) is 3.40. The number of hydrogen-bond donors (Lipinski definition) is 2. The fourth-order valence-corrected chi connectivity index (χ4v) is 1.16. The van der Waals surface area contributed by atoms with Gasteiger partial charge in [-0.3, -0.25) is 0 Å². The summed E-state index contributed by atoms with van der Waals surface area (Å²) in [7, 11) is 3.09. The van der Waals surface area contributed by atoms with Crippen LogP contribution in [0.2, 0.25) is 0 Å². The van der Waals surface area contributed by atoms with Crippen molar-refractivity contribution < 1.29 is 9.47 Å². The molecule has 0 aliphatic heterocycles. The van der Waals surface area contributed by atoms with Gasteiger partial charge in [-0.05, 0) is 12.1 Å². The Morgan fingerprint density at radius 3 is 2.50 bits per heavy atom. The third-order valence-electron chi connectivity index (χ3n) is 1.82. The lowest BCUT2D eigenvalue weighted by Gasteiger charge is -2.11. The van der Waals surface area contributed by atoms with Gasteiger partial charge in [-0.25, -0.2) is 0 Å². The molecule has 0 amide bonds. The average Bonchev–Trinajstić information content (AvgIpc) is 2.26. The Morgan fingerprint density at radius 2 is 2.00 bits per heavy atom. The molecule has 4 N–H and O–H groups in total. The van der Waals surface area contributed by atoms with Gasteiger partial charge in [0.15, 0.2) is 17.3 Å². The molecule has 1 rings (SSSR count). The number of benzene rings is 1. The van der Waals surface area contributed by atoms with Gasteiger partial charge >= 0.3 is 0 Å². The van der Waals surface area contributed by atoms with Crippen LogP contribution in [0.4, 0.5) is 0 Å². The number of nitrogens with zero attached hydrogens (tertiary/aromatic N) is 1. The van der Waals surface area contributed by atoms with E-state index in [1.54, 1.807) is 25.3 Å². The zero-order valence-corrected chi connectivity index (χ0v) is 8.15. The number of hydrazone groups is 1. The smallest absolute Gasteiger partial charge is 0.171 e. The Balaban J connectivity index is 3.29. The van der Waals surface area contributed by atoms with Crippen molar-refractivity contribution in [2.45, 2.75) is 0 Å². The summed E-state index contributed by atoms with van der Waals surface area (Å²) in [6.45, 7) is 0. The molecule has 1 aromatic carbocycles. The second-order valence-electron chi connectivity index (χ2n) is 2.56. The van der Waals surface area contributed by atoms with Gasteiger partial charge in [0.1, 0.15) is 0 Å². The van der Waals surface area contributed by atoms with E-state index in [0.717, 1.165) is 0 Å². The molecule has 5 heteroatoms. The van der Waals surface area contributed by atoms with Gasteiger partial charge in [0, 0.05) is 0 Å². The average molecular weight is 195 g/mol. The molecular weight excluding hydrogens is 182 g/mol. The van der Waals surface area contributed by atoms with Crippen molar-refractivity contribution in [3.8, 4) is 11.5 Å². The van der Waals surface area contributed by atoms with Crippen LogP contribution in [0.3, 0.4) is 0 Å². The van der Waals surface area contributed by atoms with Crippen molar-refractivity contribution in [2.75, 3.05) is 14.2 Å². The van der Waals surface area contributed by atoms with Crippen LogP contribution < -0.4 is 21.1 Å². The first-order valence-electron chi connectivity index (χ1n) is 3.99. The molecule has 0 aliphatic carbocycles. The minimum atomic E-state index is 0.209. The Bertz CT molecular complexity index is 350. The van der Waals surface area contributed by atoms with E-state index < -0.39 is 0 Å². The fourth-order valence-electron chi connectivity index (χ4n) is 1.16. The van der Waals surface area contributed by atoms with Gasteiger partial charge in [-0.2, -0.15) is 5.10 Å². The van der Waals surface area contributed by atoms with Crippen LogP contribution in [-0.4, -0.2) is 20.1 Å². The minimum Gasteiger partial charge on any atom is -0.493 e. The van der Waals surface area contributed by atoms with Crippen LogP contribution in [0.5, 0.6) is 11.5 Å². The van der Waals surface area contributed by atoms with Gasteiger partial charge in [0.25, 0.3) is 0 Å². The molecule has 76 valence electrons. The highest BCUT2D eigenvalue weighted by Crippen LogP contribution is 2.30. The van der Waals surface area contributed by atoms with Crippen LogP contribution >= 0.6 is 0 Å². The van der Waals surface area contributed by atoms with Gasteiger partial charge in [-0.15, -0.1) is 0 Å². The summed E-state index contributed by atoms with van der Waals surface area (Å²) in [5.74, 6) is 6.42. The quantitative estimate of drug-likeness (QED) is 0.314. The molecule has 0 atom stereocenters. The molecule has 0 fully saturated rings.